The zero-order chi connectivity index (χ0) is 21.1. The molecule has 0 heterocycles. The summed E-state index contributed by atoms with van der Waals surface area (Å²) in [5.74, 6) is 0.755. The van der Waals surface area contributed by atoms with E-state index in [2.05, 4.69) is 80.8 Å². The Morgan fingerprint density at radius 1 is 0.852 bits per heavy atom. The van der Waals surface area contributed by atoms with Crippen LogP contribution in [0.15, 0.2) is 12.3 Å². The minimum atomic E-state index is -2.26. The Hall–Kier alpha value is 0.556. The molecule has 0 spiro atoms. The van der Waals surface area contributed by atoms with Crippen molar-refractivity contribution >= 4 is 26.7 Å². The Labute approximate surface area is 178 Å². The molecule has 0 aromatic carbocycles. The minimum absolute atomic E-state index is 0.275. The van der Waals surface area contributed by atoms with Gasteiger partial charge in [0, 0.05) is 0 Å². The summed E-state index contributed by atoms with van der Waals surface area (Å²) in [5.41, 5.74) is 0. The summed E-state index contributed by atoms with van der Waals surface area (Å²) in [6.45, 7) is 23.8. The van der Waals surface area contributed by atoms with Crippen LogP contribution in [-0.4, -0.2) is 26.7 Å². The van der Waals surface area contributed by atoms with Crippen LogP contribution in [0.5, 0.6) is 0 Å². The molecular weight excluding hydrogens is 451 g/mol. The average molecular weight is 503 g/mol. The predicted molar refractivity (Wildman–Crippen MR) is 131 cm³/mol. The molecule has 0 fully saturated rings. The van der Waals surface area contributed by atoms with Crippen molar-refractivity contribution in [3.8, 4) is 0 Å². The summed E-state index contributed by atoms with van der Waals surface area (Å²) < 4.78 is 12.0. The van der Waals surface area contributed by atoms with Gasteiger partial charge in [-0.2, -0.15) is 0 Å². The molecule has 0 radical (unpaired) electrons. The molecule has 1 atom stereocenters. The van der Waals surface area contributed by atoms with E-state index in [-0.39, 0.29) is 5.04 Å². The monoisotopic (exact) mass is 504 g/mol. The van der Waals surface area contributed by atoms with E-state index in [1.54, 1.807) is 13.3 Å². The summed E-state index contributed by atoms with van der Waals surface area (Å²) in [4.78, 5) is 0. The molecule has 0 aliphatic heterocycles. The average Bonchev–Trinajstić information content (AvgIpc) is 2.57. The first-order valence-corrected chi connectivity index (χ1v) is 22.4. The fourth-order valence-corrected chi connectivity index (χ4v) is 24.3. The molecule has 0 N–H and O–H groups in total. The topological polar surface area (TPSA) is 9.23 Å². The summed E-state index contributed by atoms with van der Waals surface area (Å²) in [6.07, 6.45) is 13.1. The van der Waals surface area contributed by atoms with Gasteiger partial charge < -0.3 is 0 Å². The predicted octanol–water partition coefficient (Wildman–Crippen LogP) is 9.40. The van der Waals surface area contributed by atoms with Crippen molar-refractivity contribution in [2.24, 2.45) is 5.92 Å². The van der Waals surface area contributed by atoms with Crippen LogP contribution >= 0.6 is 0 Å². The van der Waals surface area contributed by atoms with Gasteiger partial charge in [-0.15, -0.1) is 0 Å². The SMILES string of the molecule is CCC[CH2][Sn]([CH2]CCC)([CH2]CCC)[CH](/C=C\O[Si](C)(C)C(C)(C)C)C(C)C. The van der Waals surface area contributed by atoms with Crippen LogP contribution in [0.1, 0.15) is 93.9 Å². The third kappa shape index (κ3) is 9.27. The Balaban J connectivity index is 5.66. The van der Waals surface area contributed by atoms with Crippen LogP contribution in [0.2, 0.25) is 35.4 Å². The molecular formula is C24H52OSiSn. The van der Waals surface area contributed by atoms with E-state index in [0.29, 0.717) is 0 Å². The molecule has 1 unspecified atom stereocenters. The fourth-order valence-electron chi connectivity index (χ4n) is 4.07. The van der Waals surface area contributed by atoms with Crippen LogP contribution in [-0.2, 0) is 4.43 Å². The van der Waals surface area contributed by atoms with Gasteiger partial charge >= 0.3 is 179 Å². The Bertz CT molecular complexity index is 387. The van der Waals surface area contributed by atoms with Crippen LogP contribution in [0.25, 0.3) is 0 Å². The first-order valence-electron chi connectivity index (χ1n) is 11.8. The maximum absolute atomic E-state index is 6.48. The van der Waals surface area contributed by atoms with Gasteiger partial charge in [-0.3, -0.25) is 0 Å². The second-order valence-electron chi connectivity index (χ2n) is 10.6. The second-order valence-corrected chi connectivity index (χ2v) is 29.4. The van der Waals surface area contributed by atoms with E-state index in [9.17, 15) is 0 Å². The first-order chi connectivity index (χ1) is 12.5. The molecule has 0 aliphatic rings. The molecule has 0 aromatic rings. The molecule has 0 amide bonds. The molecule has 0 aliphatic carbocycles. The van der Waals surface area contributed by atoms with Crippen molar-refractivity contribution in [2.45, 2.75) is 129 Å². The molecule has 0 bridgehead atoms. The van der Waals surface area contributed by atoms with Gasteiger partial charge in [0.15, 0.2) is 0 Å². The molecule has 0 saturated heterocycles. The molecule has 162 valence electrons. The van der Waals surface area contributed by atoms with E-state index < -0.39 is 26.7 Å². The molecule has 27 heavy (non-hydrogen) atoms. The second kappa shape index (κ2) is 13.0. The van der Waals surface area contributed by atoms with E-state index in [1.807, 2.05) is 0 Å². The molecule has 0 saturated carbocycles. The van der Waals surface area contributed by atoms with Gasteiger partial charge in [-0.05, 0) is 0 Å². The van der Waals surface area contributed by atoms with Gasteiger partial charge in [0.05, 0.1) is 0 Å². The zero-order valence-corrected chi connectivity index (χ0v) is 24.4. The third-order valence-corrected chi connectivity index (χ3v) is 29.3. The van der Waals surface area contributed by atoms with Crippen LogP contribution in [0.3, 0.4) is 0 Å². The maximum atomic E-state index is 6.48. The number of unbranched alkanes of at least 4 members (excludes halogenated alkanes) is 3. The summed E-state index contributed by atoms with van der Waals surface area (Å²) in [5, 5.41) is 0.275. The Kier molecular flexibility index (Phi) is 13.2. The van der Waals surface area contributed by atoms with Crippen LogP contribution < -0.4 is 0 Å². The number of allylic oxidation sites excluding steroid dienone is 1. The summed E-state index contributed by atoms with van der Waals surface area (Å²) in [6, 6.07) is 0. The van der Waals surface area contributed by atoms with Crippen molar-refractivity contribution in [1.29, 1.82) is 0 Å². The van der Waals surface area contributed by atoms with Gasteiger partial charge in [0.2, 0.25) is 0 Å². The third-order valence-electron chi connectivity index (χ3n) is 6.96. The molecule has 0 aromatic heterocycles. The molecule has 3 heteroatoms. The zero-order valence-electron chi connectivity index (χ0n) is 20.6. The van der Waals surface area contributed by atoms with Crippen molar-refractivity contribution < 1.29 is 4.43 Å². The van der Waals surface area contributed by atoms with Crippen molar-refractivity contribution in [2.75, 3.05) is 0 Å². The standard InChI is InChI=1S/C12H25OSi.3C4H9.Sn/c1-11(2)9-8-10-13-14(6,7)12(3,4)5;3*1-3-4-2;/h8-11H,1-7H3;3*1,3-4H2,2H3;/b10-8-;;;;. The number of rotatable bonds is 14. The van der Waals surface area contributed by atoms with Gasteiger partial charge in [0.25, 0.3) is 0 Å². The Morgan fingerprint density at radius 2 is 1.26 bits per heavy atom. The van der Waals surface area contributed by atoms with Crippen LogP contribution in [0.4, 0.5) is 0 Å². The fraction of sp³-hybridized carbons (Fsp3) is 0.917. The van der Waals surface area contributed by atoms with Crippen molar-refractivity contribution in [1.82, 2.24) is 0 Å². The van der Waals surface area contributed by atoms with E-state index in [1.165, 1.54) is 38.5 Å². The van der Waals surface area contributed by atoms with E-state index in [0.717, 1.165) is 9.85 Å². The van der Waals surface area contributed by atoms with E-state index in [4.69, 9.17) is 4.43 Å². The first kappa shape index (κ1) is 27.6. The van der Waals surface area contributed by atoms with Gasteiger partial charge in [-0.1, -0.05) is 0 Å². The normalized spacial score (nSPS) is 14.9. The van der Waals surface area contributed by atoms with Crippen molar-refractivity contribution in [3.05, 3.63) is 12.3 Å². The summed E-state index contributed by atoms with van der Waals surface area (Å²) >= 11 is -2.26. The van der Waals surface area contributed by atoms with Crippen molar-refractivity contribution in [3.63, 3.8) is 0 Å². The van der Waals surface area contributed by atoms with E-state index >= 15 is 0 Å². The quantitative estimate of drug-likeness (QED) is 0.169. The number of hydrogen-bond donors (Lipinski definition) is 0. The summed E-state index contributed by atoms with van der Waals surface area (Å²) in [7, 11) is -1.71. The Morgan fingerprint density at radius 3 is 1.56 bits per heavy atom. The van der Waals surface area contributed by atoms with Crippen LogP contribution in [0, 0.1) is 5.92 Å². The number of hydrogen-bond acceptors (Lipinski definition) is 1. The molecule has 1 nitrogen and oxygen atoms in total. The molecule has 0 rings (SSSR count). The van der Waals surface area contributed by atoms with Gasteiger partial charge in [-0.25, -0.2) is 0 Å². The van der Waals surface area contributed by atoms with Gasteiger partial charge in [0.1, 0.15) is 0 Å².